The third-order valence-corrected chi connectivity index (χ3v) is 7.60. The van der Waals surface area contributed by atoms with Crippen molar-refractivity contribution in [1.82, 2.24) is 5.32 Å². The number of nitrogens with one attached hydrogen (secondary N) is 1. The van der Waals surface area contributed by atoms with Gasteiger partial charge in [-0.05, 0) is 19.3 Å². The van der Waals surface area contributed by atoms with Crippen molar-refractivity contribution in [3.8, 4) is 0 Å². The minimum Gasteiger partial charge on any atom is -0.387 e. The van der Waals surface area contributed by atoms with Crippen LogP contribution in [-0.2, 0) is 18.4 Å². The van der Waals surface area contributed by atoms with Crippen LogP contribution in [-0.4, -0.2) is 47.8 Å². The fourth-order valence-corrected chi connectivity index (χ4v) is 5.01. The second-order valence-electron chi connectivity index (χ2n) is 10.3. The highest BCUT2D eigenvalue weighted by Crippen LogP contribution is 2.43. The molecule has 0 saturated heterocycles. The van der Waals surface area contributed by atoms with Gasteiger partial charge >= 0.3 is 7.82 Å². The first kappa shape index (κ1) is 37.2. The van der Waals surface area contributed by atoms with Crippen LogP contribution in [0.5, 0.6) is 0 Å². The number of nitrogens with two attached hydrogens (primary N) is 1. The number of aliphatic hydroxyl groups is 1. The minimum atomic E-state index is -4.31. The number of hydrogen-bond donors (Lipinski definition) is 4. The number of phosphoric ester groups is 1. The van der Waals surface area contributed by atoms with Crippen LogP contribution in [0.25, 0.3) is 0 Å². The Kier molecular flexibility index (Phi) is 25.9. The van der Waals surface area contributed by atoms with E-state index in [1.165, 1.54) is 77.0 Å². The molecule has 0 heterocycles. The monoisotopic (exact) mass is 562 g/mol. The maximum absolute atomic E-state index is 12.5. The van der Waals surface area contributed by atoms with E-state index >= 15 is 0 Å². The predicted octanol–water partition coefficient (Wildman–Crippen LogP) is 6.93. The predicted molar refractivity (Wildman–Crippen MR) is 157 cm³/mol. The summed E-state index contributed by atoms with van der Waals surface area (Å²) in [5, 5.41) is 13.4. The molecule has 0 aromatic rings. The largest absolute Gasteiger partial charge is 0.472 e. The second kappa shape index (κ2) is 26.5. The van der Waals surface area contributed by atoms with Gasteiger partial charge in [0.05, 0.1) is 25.4 Å². The van der Waals surface area contributed by atoms with Gasteiger partial charge in [0, 0.05) is 13.0 Å². The van der Waals surface area contributed by atoms with E-state index in [1.54, 1.807) is 6.08 Å². The van der Waals surface area contributed by atoms with Gasteiger partial charge in [-0.25, -0.2) is 4.57 Å². The lowest BCUT2D eigenvalue weighted by atomic mass is 10.1. The topological polar surface area (TPSA) is 131 Å². The Balaban J connectivity index is 4.47. The first-order chi connectivity index (χ1) is 18.4. The molecule has 0 bridgehead atoms. The van der Waals surface area contributed by atoms with E-state index in [0.717, 1.165) is 38.5 Å². The van der Waals surface area contributed by atoms with Gasteiger partial charge in [0.25, 0.3) is 0 Å². The Morgan fingerprint density at radius 3 is 1.87 bits per heavy atom. The molecule has 0 radical (unpaired) electrons. The lowest BCUT2D eigenvalue weighted by Crippen LogP contribution is -2.45. The van der Waals surface area contributed by atoms with Crippen molar-refractivity contribution >= 4 is 13.7 Å². The van der Waals surface area contributed by atoms with Gasteiger partial charge in [-0.2, -0.15) is 0 Å². The Morgan fingerprint density at radius 2 is 1.34 bits per heavy atom. The molecule has 0 rings (SSSR count). The summed E-state index contributed by atoms with van der Waals surface area (Å²) in [5.41, 5.74) is 5.32. The van der Waals surface area contributed by atoms with E-state index < -0.39 is 20.0 Å². The highest BCUT2D eigenvalue weighted by Gasteiger charge is 2.26. The standard InChI is InChI=1S/C29H59N2O6P/c1-3-5-7-9-11-13-15-17-19-21-23-29(33)31-27(26-37-38(34,35)36-25-24-30)28(32)22-20-18-16-14-12-10-8-6-4-2/h20,22,27-28,32H,3-19,21,23-26,30H2,1-2H3,(H,31,33)(H,34,35)/b22-20+. The van der Waals surface area contributed by atoms with E-state index in [1.807, 2.05) is 6.08 Å². The number of carbonyl (C=O) groups excluding carboxylic acids is 1. The molecule has 38 heavy (non-hydrogen) atoms. The van der Waals surface area contributed by atoms with Gasteiger partial charge in [-0.1, -0.05) is 122 Å². The normalized spacial score (nSPS) is 15.0. The number of hydrogen-bond acceptors (Lipinski definition) is 6. The SMILES string of the molecule is CCCCCCCCC/C=C/C(O)C(COP(=O)(O)OCCN)NC(=O)CCCCCCCCCCCC. The van der Waals surface area contributed by atoms with Crippen LogP contribution in [0.3, 0.4) is 0 Å². The first-order valence-electron chi connectivity index (χ1n) is 15.3. The number of allylic oxidation sites excluding steroid dienone is 1. The summed E-state index contributed by atoms with van der Waals surface area (Å²) in [6, 6.07) is -0.849. The molecule has 3 atom stereocenters. The van der Waals surface area contributed by atoms with Crippen molar-refractivity contribution in [3.05, 3.63) is 12.2 Å². The molecular weight excluding hydrogens is 503 g/mol. The summed E-state index contributed by atoms with van der Waals surface area (Å²) >= 11 is 0. The maximum atomic E-state index is 12.5. The smallest absolute Gasteiger partial charge is 0.387 e. The summed E-state index contributed by atoms with van der Waals surface area (Å²) in [4.78, 5) is 22.3. The van der Waals surface area contributed by atoms with Gasteiger partial charge in [-0.3, -0.25) is 13.8 Å². The fraction of sp³-hybridized carbons (Fsp3) is 0.897. The lowest BCUT2D eigenvalue weighted by molar-refractivity contribution is -0.123. The molecule has 0 spiro atoms. The molecule has 0 aromatic carbocycles. The summed E-state index contributed by atoms with van der Waals surface area (Å²) in [5.74, 6) is -0.201. The number of amides is 1. The van der Waals surface area contributed by atoms with Crippen molar-refractivity contribution in [2.45, 2.75) is 148 Å². The molecular formula is C29H59N2O6P. The molecule has 0 fully saturated rings. The maximum Gasteiger partial charge on any atom is 0.472 e. The lowest BCUT2D eigenvalue weighted by Gasteiger charge is -2.23. The Labute approximate surface area is 233 Å². The molecule has 3 unspecified atom stereocenters. The number of phosphoric acid groups is 1. The van der Waals surface area contributed by atoms with Crippen LogP contribution >= 0.6 is 7.82 Å². The van der Waals surface area contributed by atoms with E-state index in [9.17, 15) is 19.4 Å². The van der Waals surface area contributed by atoms with E-state index in [0.29, 0.717) is 6.42 Å². The van der Waals surface area contributed by atoms with Gasteiger partial charge in [-0.15, -0.1) is 0 Å². The number of unbranched alkanes of at least 4 members (excludes halogenated alkanes) is 16. The summed E-state index contributed by atoms with van der Waals surface area (Å²) < 4.78 is 21.8. The molecule has 5 N–H and O–H groups in total. The minimum absolute atomic E-state index is 0.0803. The molecule has 226 valence electrons. The third kappa shape index (κ3) is 24.3. The molecule has 8 nitrogen and oxygen atoms in total. The van der Waals surface area contributed by atoms with Crippen molar-refractivity contribution in [1.29, 1.82) is 0 Å². The zero-order chi connectivity index (χ0) is 28.3. The zero-order valence-electron chi connectivity index (χ0n) is 24.4. The van der Waals surface area contributed by atoms with Gasteiger partial charge in [0.2, 0.25) is 5.91 Å². The van der Waals surface area contributed by atoms with E-state index in [-0.39, 0.29) is 25.7 Å². The number of rotatable bonds is 28. The highest BCUT2D eigenvalue weighted by atomic mass is 31.2. The van der Waals surface area contributed by atoms with Crippen LogP contribution < -0.4 is 11.1 Å². The van der Waals surface area contributed by atoms with Crippen LogP contribution in [0, 0.1) is 0 Å². The Morgan fingerprint density at radius 1 is 0.842 bits per heavy atom. The highest BCUT2D eigenvalue weighted by molar-refractivity contribution is 7.47. The molecule has 0 aliphatic rings. The van der Waals surface area contributed by atoms with E-state index in [4.69, 9.17) is 14.8 Å². The van der Waals surface area contributed by atoms with Gasteiger partial charge in [0.1, 0.15) is 0 Å². The number of aliphatic hydroxyl groups excluding tert-OH is 1. The molecule has 0 aliphatic heterocycles. The average molecular weight is 563 g/mol. The van der Waals surface area contributed by atoms with Crippen LogP contribution in [0.15, 0.2) is 12.2 Å². The summed E-state index contributed by atoms with van der Waals surface area (Å²) in [6.07, 6.45) is 24.0. The van der Waals surface area contributed by atoms with Crippen LogP contribution in [0.2, 0.25) is 0 Å². The zero-order valence-corrected chi connectivity index (χ0v) is 25.3. The first-order valence-corrected chi connectivity index (χ1v) is 16.8. The molecule has 1 amide bonds. The molecule has 9 heteroatoms. The van der Waals surface area contributed by atoms with Crippen molar-refractivity contribution in [2.75, 3.05) is 19.8 Å². The average Bonchev–Trinajstić information content (AvgIpc) is 2.89. The van der Waals surface area contributed by atoms with Crippen molar-refractivity contribution < 1.29 is 28.4 Å². The molecule has 0 aliphatic carbocycles. The quantitative estimate of drug-likeness (QED) is 0.0462. The Hall–Kier alpha value is -0.760. The second-order valence-corrected chi connectivity index (χ2v) is 11.8. The fourth-order valence-electron chi connectivity index (χ4n) is 4.25. The summed E-state index contributed by atoms with van der Waals surface area (Å²) in [6.45, 7) is 4.05. The molecule has 0 saturated carbocycles. The van der Waals surface area contributed by atoms with Crippen molar-refractivity contribution in [3.63, 3.8) is 0 Å². The Bertz CT molecular complexity index is 620. The van der Waals surface area contributed by atoms with Gasteiger partial charge in [0.15, 0.2) is 0 Å². The van der Waals surface area contributed by atoms with Gasteiger partial charge < -0.3 is 21.1 Å². The van der Waals surface area contributed by atoms with Crippen molar-refractivity contribution in [2.24, 2.45) is 5.73 Å². The van der Waals surface area contributed by atoms with Crippen LogP contribution in [0.4, 0.5) is 0 Å². The van der Waals surface area contributed by atoms with E-state index in [2.05, 4.69) is 19.2 Å². The van der Waals surface area contributed by atoms with Crippen LogP contribution in [0.1, 0.15) is 136 Å². The number of carbonyl (C=O) groups is 1. The summed E-state index contributed by atoms with van der Waals surface area (Å²) in [7, 11) is -4.31. The third-order valence-electron chi connectivity index (χ3n) is 6.61. The molecule has 0 aromatic heterocycles.